The lowest BCUT2D eigenvalue weighted by molar-refractivity contribution is 0.123. The van der Waals surface area contributed by atoms with Gasteiger partial charge < -0.3 is 9.84 Å². The molecule has 82 valence electrons. The third kappa shape index (κ3) is 1.53. The number of rotatable bonds is 2. The Bertz CT molecular complexity index is 360. The fraction of sp³-hybridized carbons (Fsp3) is 0.538. The van der Waals surface area contributed by atoms with Gasteiger partial charge in [0.2, 0.25) is 0 Å². The minimum absolute atomic E-state index is 0.279. The highest BCUT2D eigenvalue weighted by Gasteiger charge is 2.36. The molecule has 0 bridgehead atoms. The quantitative estimate of drug-likeness (QED) is 0.806. The molecule has 2 heteroatoms. The van der Waals surface area contributed by atoms with Crippen LogP contribution in [0.1, 0.15) is 43.9 Å². The number of aliphatic hydroxyl groups excluding tert-OH is 1. The summed E-state index contributed by atoms with van der Waals surface area (Å²) in [6, 6.07) is 5.95. The van der Waals surface area contributed by atoms with Gasteiger partial charge in [-0.15, -0.1) is 0 Å². The summed E-state index contributed by atoms with van der Waals surface area (Å²) in [5.74, 6) is 1.59. The van der Waals surface area contributed by atoms with E-state index in [-0.39, 0.29) is 12.0 Å². The molecule has 2 nitrogen and oxygen atoms in total. The van der Waals surface area contributed by atoms with Crippen molar-refractivity contribution in [1.82, 2.24) is 0 Å². The molecular weight excluding hydrogens is 188 g/mol. The van der Waals surface area contributed by atoms with Crippen LogP contribution in [0.2, 0.25) is 0 Å². The maximum Gasteiger partial charge on any atom is 0.123 e. The number of aliphatic hydroxyl groups is 1. The molecule has 0 saturated heterocycles. The van der Waals surface area contributed by atoms with Crippen molar-refractivity contribution in [3.05, 3.63) is 29.3 Å². The van der Waals surface area contributed by atoms with Crippen LogP contribution in [-0.2, 0) is 0 Å². The molecule has 0 saturated carbocycles. The van der Waals surface area contributed by atoms with Crippen molar-refractivity contribution in [2.24, 2.45) is 5.92 Å². The van der Waals surface area contributed by atoms with E-state index in [2.05, 4.69) is 13.8 Å². The van der Waals surface area contributed by atoms with Crippen molar-refractivity contribution in [2.45, 2.75) is 32.8 Å². The van der Waals surface area contributed by atoms with Crippen molar-refractivity contribution in [3.63, 3.8) is 0 Å². The van der Waals surface area contributed by atoms with Crippen molar-refractivity contribution >= 4 is 0 Å². The first kappa shape index (κ1) is 10.5. The van der Waals surface area contributed by atoms with Gasteiger partial charge in [-0.05, 0) is 30.4 Å². The molecule has 0 fully saturated rings. The van der Waals surface area contributed by atoms with Crippen molar-refractivity contribution in [1.29, 1.82) is 0 Å². The largest absolute Gasteiger partial charge is 0.494 e. The maximum absolute atomic E-state index is 10.1. The van der Waals surface area contributed by atoms with E-state index in [0.29, 0.717) is 12.5 Å². The highest BCUT2D eigenvalue weighted by atomic mass is 16.5. The summed E-state index contributed by atoms with van der Waals surface area (Å²) in [5.41, 5.74) is 2.24. The van der Waals surface area contributed by atoms with Gasteiger partial charge in [0.1, 0.15) is 5.75 Å². The van der Waals surface area contributed by atoms with Crippen LogP contribution in [0.25, 0.3) is 0 Å². The summed E-state index contributed by atoms with van der Waals surface area (Å²) >= 11 is 0. The Hall–Kier alpha value is -1.02. The van der Waals surface area contributed by atoms with E-state index in [9.17, 15) is 5.11 Å². The summed E-state index contributed by atoms with van der Waals surface area (Å²) < 4.78 is 5.60. The SMILES string of the molecule is CCOc1cccc2c1C(C)C(C)C2O. The normalized spacial score (nSPS) is 28.9. The Balaban J connectivity index is 2.48. The van der Waals surface area contributed by atoms with Crippen LogP contribution in [0.4, 0.5) is 0 Å². The lowest BCUT2D eigenvalue weighted by Gasteiger charge is -2.14. The van der Waals surface area contributed by atoms with Gasteiger partial charge in [-0.2, -0.15) is 0 Å². The molecule has 1 aliphatic carbocycles. The topological polar surface area (TPSA) is 29.5 Å². The molecule has 0 amide bonds. The van der Waals surface area contributed by atoms with Crippen LogP contribution >= 0.6 is 0 Å². The Morgan fingerprint density at radius 3 is 2.73 bits per heavy atom. The zero-order valence-corrected chi connectivity index (χ0v) is 9.53. The molecule has 1 N–H and O–H groups in total. The Morgan fingerprint density at radius 1 is 1.33 bits per heavy atom. The van der Waals surface area contributed by atoms with Gasteiger partial charge >= 0.3 is 0 Å². The molecule has 3 unspecified atom stereocenters. The molecule has 15 heavy (non-hydrogen) atoms. The van der Waals surface area contributed by atoms with E-state index in [1.165, 1.54) is 5.56 Å². The monoisotopic (exact) mass is 206 g/mol. The minimum atomic E-state index is -0.338. The summed E-state index contributed by atoms with van der Waals surface area (Å²) in [4.78, 5) is 0. The van der Waals surface area contributed by atoms with Gasteiger partial charge in [0.05, 0.1) is 12.7 Å². The fourth-order valence-corrected chi connectivity index (χ4v) is 2.41. The number of hydrogen-bond donors (Lipinski definition) is 1. The van der Waals surface area contributed by atoms with E-state index in [1.54, 1.807) is 0 Å². The van der Waals surface area contributed by atoms with Crippen LogP contribution in [-0.4, -0.2) is 11.7 Å². The van der Waals surface area contributed by atoms with Gasteiger partial charge in [-0.3, -0.25) is 0 Å². The minimum Gasteiger partial charge on any atom is -0.494 e. The molecule has 2 rings (SSSR count). The summed E-state index contributed by atoms with van der Waals surface area (Å²) in [7, 11) is 0. The highest BCUT2D eigenvalue weighted by molar-refractivity contribution is 5.47. The average molecular weight is 206 g/mol. The first-order valence-electron chi connectivity index (χ1n) is 5.60. The number of benzene rings is 1. The highest BCUT2D eigenvalue weighted by Crippen LogP contribution is 2.48. The molecule has 3 atom stereocenters. The van der Waals surface area contributed by atoms with Crippen LogP contribution < -0.4 is 4.74 Å². The van der Waals surface area contributed by atoms with E-state index in [0.717, 1.165) is 11.3 Å². The number of ether oxygens (including phenoxy) is 1. The van der Waals surface area contributed by atoms with Gasteiger partial charge in [-0.25, -0.2) is 0 Å². The van der Waals surface area contributed by atoms with E-state index < -0.39 is 0 Å². The molecule has 1 aliphatic rings. The van der Waals surface area contributed by atoms with E-state index in [1.807, 2.05) is 25.1 Å². The van der Waals surface area contributed by atoms with Crippen molar-refractivity contribution in [3.8, 4) is 5.75 Å². The maximum atomic E-state index is 10.1. The van der Waals surface area contributed by atoms with Gasteiger partial charge in [0.15, 0.2) is 0 Å². The third-order valence-corrected chi connectivity index (χ3v) is 3.46. The second-order valence-electron chi connectivity index (χ2n) is 4.28. The smallest absolute Gasteiger partial charge is 0.123 e. The molecule has 0 aliphatic heterocycles. The molecular formula is C13H18O2. The second kappa shape index (κ2) is 3.86. The van der Waals surface area contributed by atoms with Crippen molar-refractivity contribution < 1.29 is 9.84 Å². The third-order valence-electron chi connectivity index (χ3n) is 3.46. The van der Waals surface area contributed by atoms with Crippen LogP contribution in [0.5, 0.6) is 5.75 Å². The second-order valence-corrected chi connectivity index (χ2v) is 4.28. The first-order valence-corrected chi connectivity index (χ1v) is 5.60. The number of hydrogen-bond acceptors (Lipinski definition) is 2. The Labute approximate surface area is 90.9 Å². The van der Waals surface area contributed by atoms with Crippen LogP contribution in [0.15, 0.2) is 18.2 Å². The molecule has 0 spiro atoms. The zero-order chi connectivity index (χ0) is 11.0. The average Bonchev–Trinajstić information content (AvgIpc) is 2.46. The van der Waals surface area contributed by atoms with Crippen molar-refractivity contribution in [2.75, 3.05) is 6.61 Å². The predicted octanol–water partition coefficient (Wildman–Crippen LogP) is 2.87. The van der Waals surface area contributed by atoms with Gasteiger partial charge in [-0.1, -0.05) is 26.0 Å². The van der Waals surface area contributed by atoms with Gasteiger partial charge in [0.25, 0.3) is 0 Å². The lowest BCUT2D eigenvalue weighted by atomic mass is 9.95. The predicted molar refractivity (Wildman–Crippen MR) is 60.1 cm³/mol. The van der Waals surface area contributed by atoms with E-state index in [4.69, 9.17) is 4.74 Å². The summed E-state index contributed by atoms with van der Waals surface area (Å²) in [6.07, 6.45) is -0.338. The fourth-order valence-electron chi connectivity index (χ4n) is 2.41. The zero-order valence-electron chi connectivity index (χ0n) is 9.53. The standard InChI is InChI=1S/C13H18O2/c1-4-15-11-7-5-6-10-12(11)8(2)9(3)13(10)14/h5-9,13-14H,4H2,1-3H3. The Kier molecular flexibility index (Phi) is 2.70. The molecule has 0 heterocycles. The molecule has 1 aromatic carbocycles. The van der Waals surface area contributed by atoms with E-state index >= 15 is 0 Å². The lowest BCUT2D eigenvalue weighted by Crippen LogP contribution is -2.04. The number of fused-ring (bicyclic) bond motifs is 1. The van der Waals surface area contributed by atoms with Crippen LogP contribution in [0.3, 0.4) is 0 Å². The first-order chi connectivity index (χ1) is 7.16. The molecule has 1 aromatic rings. The van der Waals surface area contributed by atoms with Crippen LogP contribution in [0, 0.1) is 5.92 Å². The molecule has 0 radical (unpaired) electrons. The summed E-state index contributed by atoms with van der Waals surface area (Å²) in [5, 5.41) is 10.1. The van der Waals surface area contributed by atoms with Gasteiger partial charge in [0, 0.05) is 5.56 Å². The molecule has 0 aromatic heterocycles. The summed E-state index contributed by atoms with van der Waals surface area (Å²) in [6.45, 7) is 6.90. The Morgan fingerprint density at radius 2 is 2.07 bits per heavy atom.